The van der Waals surface area contributed by atoms with Gasteiger partial charge in [-0.05, 0) is 62.2 Å². The van der Waals surface area contributed by atoms with Crippen LogP contribution in [-0.2, 0) is 9.53 Å². The van der Waals surface area contributed by atoms with Gasteiger partial charge in [0.15, 0.2) is 6.10 Å². The molecule has 1 unspecified atom stereocenters. The molecule has 1 aromatic heterocycles. The number of aliphatic carboxylic acids is 1. The third-order valence-electron chi connectivity index (χ3n) is 4.20. The van der Waals surface area contributed by atoms with Crippen molar-refractivity contribution in [2.24, 2.45) is 0 Å². The third-order valence-corrected chi connectivity index (χ3v) is 4.44. The van der Waals surface area contributed by atoms with Crippen molar-refractivity contribution in [3.63, 3.8) is 0 Å². The van der Waals surface area contributed by atoms with E-state index in [1.54, 1.807) is 57.2 Å². The Morgan fingerprint density at radius 2 is 1.93 bits per heavy atom. The van der Waals surface area contributed by atoms with E-state index < -0.39 is 12.1 Å². The zero-order valence-corrected chi connectivity index (χ0v) is 16.0. The molecule has 5 nitrogen and oxygen atoms in total. The SMILES string of the molecule is Cc1nc2ccc(Cl)cc2c(-c2cccc(O)c2)c1C(OC(C)C)C(=O)O. The predicted octanol–water partition coefficient (Wildman–Crippen LogP) is 5.12. The van der Waals surface area contributed by atoms with E-state index in [4.69, 9.17) is 16.3 Å². The summed E-state index contributed by atoms with van der Waals surface area (Å²) < 4.78 is 5.72. The van der Waals surface area contributed by atoms with E-state index in [0.717, 1.165) is 0 Å². The molecule has 140 valence electrons. The van der Waals surface area contributed by atoms with Gasteiger partial charge in [-0.15, -0.1) is 0 Å². The molecule has 0 saturated carbocycles. The van der Waals surface area contributed by atoms with Crippen LogP contribution in [0, 0.1) is 6.92 Å². The van der Waals surface area contributed by atoms with Gasteiger partial charge in [0.1, 0.15) is 5.75 Å². The standard InChI is InChI=1S/C21H20ClNO4/c1-11(2)27-20(21(25)26)18-12(3)23-17-8-7-14(22)10-16(17)19(18)13-5-4-6-15(24)9-13/h4-11,20,24H,1-3H3,(H,25,26). The monoisotopic (exact) mass is 385 g/mol. The van der Waals surface area contributed by atoms with Crippen molar-refractivity contribution in [3.05, 3.63) is 58.7 Å². The first-order valence-corrected chi connectivity index (χ1v) is 8.93. The van der Waals surface area contributed by atoms with Crippen LogP contribution in [0.4, 0.5) is 0 Å². The molecule has 2 aromatic carbocycles. The number of phenols is 1. The van der Waals surface area contributed by atoms with Crippen molar-refractivity contribution in [1.82, 2.24) is 4.98 Å². The number of aryl methyl sites for hydroxylation is 1. The average Bonchev–Trinajstić information content (AvgIpc) is 2.59. The highest BCUT2D eigenvalue weighted by molar-refractivity contribution is 6.31. The number of pyridine rings is 1. The van der Waals surface area contributed by atoms with Crippen molar-refractivity contribution < 1.29 is 19.7 Å². The lowest BCUT2D eigenvalue weighted by molar-refractivity contribution is -0.153. The smallest absolute Gasteiger partial charge is 0.337 e. The fraction of sp³-hybridized carbons (Fsp3) is 0.238. The Kier molecular flexibility index (Phi) is 5.35. The first-order chi connectivity index (χ1) is 12.8. The van der Waals surface area contributed by atoms with Gasteiger partial charge in [-0.3, -0.25) is 4.98 Å². The van der Waals surface area contributed by atoms with E-state index in [9.17, 15) is 15.0 Å². The van der Waals surface area contributed by atoms with Gasteiger partial charge in [-0.25, -0.2) is 4.79 Å². The number of ether oxygens (including phenoxy) is 1. The van der Waals surface area contributed by atoms with Gasteiger partial charge in [0.25, 0.3) is 0 Å². The zero-order valence-electron chi connectivity index (χ0n) is 15.2. The Bertz CT molecular complexity index is 1020. The maximum absolute atomic E-state index is 12.0. The number of carboxylic acid groups (broad SMARTS) is 1. The number of fused-ring (bicyclic) bond motifs is 1. The molecule has 0 aliphatic carbocycles. The summed E-state index contributed by atoms with van der Waals surface area (Å²) in [6, 6.07) is 12.0. The van der Waals surface area contributed by atoms with E-state index in [-0.39, 0.29) is 11.9 Å². The summed E-state index contributed by atoms with van der Waals surface area (Å²) in [5.74, 6) is -1.02. The summed E-state index contributed by atoms with van der Waals surface area (Å²) in [5, 5.41) is 21.0. The Morgan fingerprint density at radius 1 is 1.19 bits per heavy atom. The number of halogens is 1. The predicted molar refractivity (Wildman–Crippen MR) is 105 cm³/mol. The number of hydrogen-bond acceptors (Lipinski definition) is 4. The maximum atomic E-state index is 12.0. The summed E-state index contributed by atoms with van der Waals surface area (Å²) >= 11 is 6.20. The summed E-state index contributed by atoms with van der Waals surface area (Å²) in [5.41, 5.74) is 3.01. The number of nitrogens with zero attached hydrogens (tertiary/aromatic N) is 1. The fourth-order valence-corrected chi connectivity index (χ4v) is 3.36. The summed E-state index contributed by atoms with van der Waals surface area (Å²) in [4.78, 5) is 16.6. The number of aromatic hydroxyl groups is 1. The topological polar surface area (TPSA) is 79.7 Å². The lowest BCUT2D eigenvalue weighted by Crippen LogP contribution is -2.21. The van der Waals surface area contributed by atoms with E-state index in [1.807, 2.05) is 6.07 Å². The fourth-order valence-electron chi connectivity index (χ4n) is 3.19. The first-order valence-electron chi connectivity index (χ1n) is 8.55. The number of benzene rings is 2. The van der Waals surface area contributed by atoms with Gasteiger partial charge in [0.05, 0.1) is 11.6 Å². The lowest BCUT2D eigenvalue weighted by Gasteiger charge is -2.23. The van der Waals surface area contributed by atoms with E-state index >= 15 is 0 Å². The van der Waals surface area contributed by atoms with Crippen LogP contribution in [0.15, 0.2) is 42.5 Å². The Balaban J connectivity index is 2.43. The number of phenolic OH excluding ortho intramolecular Hbond substituents is 1. The average molecular weight is 386 g/mol. The van der Waals surface area contributed by atoms with Crippen molar-refractivity contribution in [2.75, 3.05) is 0 Å². The van der Waals surface area contributed by atoms with Crippen molar-refractivity contribution >= 4 is 28.5 Å². The van der Waals surface area contributed by atoms with Crippen molar-refractivity contribution in [2.45, 2.75) is 33.0 Å². The molecule has 0 aliphatic rings. The second kappa shape index (κ2) is 7.55. The molecule has 3 rings (SSSR count). The Hall–Kier alpha value is -2.63. The molecule has 0 aliphatic heterocycles. The van der Waals surface area contributed by atoms with Crippen molar-refractivity contribution in [1.29, 1.82) is 0 Å². The zero-order chi connectivity index (χ0) is 19.7. The molecule has 0 radical (unpaired) electrons. The molecule has 0 saturated heterocycles. The molecule has 1 heterocycles. The van der Waals surface area contributed by atoms with Crippen LogP contribution in [0.25, 0.3) is 22.0 Å². The minimum atomic E-state index is -1.20. The van der Waals surface area contributed by atoms with Gasteiger partial charge in [0, 0.05) is 21.7 Å². The molecule has 0 fully saturated rings. The molecule has 0 amide bonds. The lowest BCUT2D eigenvalue weighted by atomic mass is 9.91. The number of carbonyl (C=O) groups is 1. The summed E-state index contributed by atoms with van der Waals surface area (Å²) in [6.45, 7) is 5.32. The Morgan fingerprint density at radius 3 is 2.56 bits per heavy atom. The molecule has 6 heteroatoms. The van der Waals surface area contributed by atoms with Crippen LogP contribution in [0.5, 0.6) is 5.75 Å². The van der Waals surface area contributed by atoms with E-state index in [2.05, 4.69) is 4.98 Å². The van der Waals surface area contributed by atoms with Gasteiger partial charge in [0.2, 0.25) is 0 Å². The van der Waals surface area contributed by atoms with Crippen LogP contribution >= 0.6 is 11.6 Å². The van der Waals surface area contributed by atoms with Crippen LogP contribution in [0.2, 0.25) is 5.02 Å². The van der Waals surface area contributed by atoms with Crippen LogP contribution < -0.4 is 0 Å². The molecular weight excluding hydrogens is 366 g/mol. The number of rotatable bonds is 5. The van der Waals surface area contributed by atoms with Gasteiger partial charge < -0.3 is 14.9 Å². The van der Waals surface area contributed by atoms with E-state index in [1.165, 1.54) is 0 Å². The summed E-state index contributed by atoms with van der Waals surface area (Å²) in [7, 11) is 0. The molecule has 1 atom stereocenters. The number of aromatic nitrogens is 1. The Labute approximate surface area is 162 Å². The van der Waals surface area contributed by atoms with Gasteiger partial charge in [-0.2, -0.15) is 0 Å². The second-order valence-corrected chi connectivity index (χ2v) is 7.04. The third kappa shape index (κ3) is 3.89. The quantitative estimate of drug-likeness (QED) is 0.637. The highest BCUT2D eigenvalue weighted by Crippen LogP contribution is 2.39. The van der Waals surface area contributed by atoms with E-state index in [0.29, 0.717) is 38.3 Å². The number of carboxylic acids is 1. The normalized spacial score (nSPS) is 12.5. The minimum Gasteiger partial charge on any atom is -0.508 e. The molecule has 3 aromatic rings. The minimum absolute atomic E-state index is 0.0831. The van der Waals surface area contributed by atoms with Crippen LogP contribution in [0.1, 0.15) is 31.2 Å². The van der Waals surface area contributed by atoms with Gasteiger partial charge in [-0.1, -0.05) is 23.7 Å². The van der Waals surface area contributed by atoms with Crippen molar-refractivity contribution in [3.8, 4) is 16.9 Å². The highest BCUT2D eigenvalue weighted by Gasteiger charge is 2.29. The largest absolute Gasteiger partial charge is 0.508 e. The molecule has 27 heavy (non-hydrogen) atoms. The molecule has 0 spiro atoms. The van der Waals surface area contributed by atoms with Crippen LogP contribution in [0.3, 0.4) is 0 Å². The maximum Gasteiger partial charge on any atom is 0.337 e. The summed E-state index contributed by atoms with van der Waals surface area (Å²) in [6.07, 6.45) is -1.49. The molecule has 2 N–H and O–H groups in total. The molecule has 0 bridgehead atoms. The van der Waals surface area contributed by atoms with Gasteiger partial charge >= 0.3 is 5.97 Å². The van der Waals surface area contributed by atoms with Crippen LogP contribution in [-0.4, -0.2) is 27.3 Å². The molecular formula is C21H20ClNO4. The number of hydrogen-bond donors (Lipinski definition) is 2. The highest BCUT2D eigenvalue weighted by atomic mass is 35.5. The first kappa shape index (κ1) is 19.1. The second-order valence-electron chi connectivity index (χ2n) is 6.60.